The maximum absolute atomic E-state index is 12.3. The Morgan fingerprint density at radius 1 is 1.32 bits per heavy atom. The van der Waals surface area contributed by atoms with Crippen molar-refractivity contribution in [2.75, 3.05) is 13.1 Å². The average Bonchev–Trinajstić information content (AvgIpc) is 2.77. The Morgan fingerprint density at radius 2 is 2.00 bits per heavy atom. The first-order valence-corrected chi connectivity index (χ1v) is 7.67. The number of hydrogen-bond acceptors (Lipinski definition) is 3. The number of carbonyl (C=O) groups is 2. The molecule has 0 spiro atoms. The van der Waals surface area contributed by atoms with E-state index in [1.165, 1.54) is 5.56 Å². The van der Waals surface area contributed by atoms with E-state index in [0.717, 1.165) is 6.42 Å². The van der Waals surface area contributed by atoms with Crippen LogP contribution in [0.2, 0.25) is 0 Å². The second-order valence-electron chi connectivity index (χ2n) is 6.55. The summed E-state index contributed by atoms with van der Waals surface area (Å²) < 4.78 is 5.19. The highest BCUT2D eigenvalue weighted by Gasteiger charge is 2.33. The minimum absolute atomic E-state index is 0.0261. The molecule has 0 unspecified atom stereocenters. The highest BCUT2D eigenvalue weighted by atomic mass is 16.6. The second kappa shape index (κ2) is 6.81. The molecule has 0 bridgehead atoms. The van der Waals surface area contributed by atoms with E-state index in [1.54, 1.807) is 25.7 Å². The van der Waals surface area contributed by atoms with Gasteiger partial charge in [0.15, 0.2) is 0 Å². The van der Waals surface area contributed by atoms with E-state index in [1.807, 2.05) is 18.2 Å². The van der Waals surface area contributed by atoms with Crippen molar-refractivity contribution in [2.24, 2.45) is 0 Å². The van der Waals surface area contributed by atoms with Crippen LogP contribution in [0.4, 0.5) is 4.79 Å². The van der Waals surface area contributed by atoms with Crippen LogP contribution in [0.3, 0.4) is 0 Å². The summed E-state index contributed by atoms with van der Waals surface area (Å²) in [5.41, 5.74) is 0.650. The molecule has 0 aliphatic carbocycles. The lowest BCUT2D eigenvalue weighted by Crippen LogP contribution is -2.44. The van der Waals surface area contributed by atoms with E-state index >= 15 is 0 Å². The molecule has 1 aromatic carbocycles. The van der Waals surface area contributed by atoms with E-state index in [4.69, 9.17) is 4.74 Å². The van der Waals surface area contributed by atoms with Crippen LogP contribution in [0.5, 0.6) is 0 Å². The summed E-state index contributed by atoms with van der Waals surface area (Å²) in [6, 6.07) is 9.60. The van der Waals surface area contributed by atoms with Crippen molar-refractivity contribution in [3.05, 3.63) is 35.9 Å². The van der Waals surface area contributed by atoms with Gasteiger partial charge >= 0.3 is 6.09 Å². The smallest absolute Gasteiger partial charge is 0.408 e. The van der Waals surface area contributed by atoms with Crippen LogP contribution in [0.1, 0.15) is 32.8 Å². The van der Waals surface area contributed by atoms with Crippen molar-refractivity contribution in [3.63, 3.8) is 0 Å². The van der Waals surface area contributed by atoms with Crippen molar-refractivity contribution >= 4 is 12.0 Å². The monoisotopic (exact) mass is 304 g/mol. The molecule has 0 aromatic heterocycles. The largest absolute Gasteiger partial charge is 0.444 e. The van der Waals surface area contributed by atoms with Gasteiger partial charge in [-0.05, 0) is 39.2 Å². The van der Waals surface area contributed by atoms with Gasteiger partial charge < -0.3 is 15.0 Å². The molecule has 0 saturated carbocycles. The van der Waals surface area contributed by atoms with Gasteiger partial charge in [0.2, 0.25) is 5.91 Å². The van der Waals surface area contributed by atoms with Crippen LogP contribution >= 0.6 is 0 Å². The lowest BCUT2D eigenvalue weighted by molar-refractivity contribution is -0.129. The van der Waals surface area contributed by atoms with E-state index < -0.39 is 17.7 Å². The first kappa shape index (κ1) is 16.3. The van der Waals surface area contributed by atoms with Gasteiger partial charge in [-0.15, -0.1) is 0 Å². The molecule has 22 heavy (non-hydrogen) atoms. The summed E-state index contributed by atoms with van der Waals surface area (Å²) >= 11 is 0. The van der Waals surface area contributed by atoms with Crippen LogP contribution in [-0.2, 0) is 16.0 Å². The van der Waals surface area contributed by atoms with Crippen LogP contribution in [0, 0.1) is 0 Å². The third-order valence-electron chi connectivity index (χ3n) is 3.50. The minimum atomic E-state index is -0.557. The number of benzene rings is 1. The third kappa shape index (κ3) is 4.76. The zero-order chi connectivity index (χ0) is 16.2. The molecule has 5 nitrogen and oxygen atoms in total. The number of ether oxygens (including phenoxy) is 1. The Hall–Kier alpha value is -2.04. The molecular weight excluding hydrogens is 280 g/mol. The lowest BCUT2D eigenvalue weighted by atomic mass is 10.1. The van der Waals surface area contributed by atoms with Gasteiger partial charge in [-0.25, -0.2) is 4.79 Å². The van der Waals surface area contributed by atoms with Crippen molar-refractivity contribution in [1.82, 2.24) is 10.2 Å². The van der Waals surface area contributed by atoms with Gasteiger partial charge in [0.1, 0.15) is 11.6 Å². The Bertz CT molecular complexity index is 522. The fourth-order valence-corrected chi connectivity index (χ4v) is 2.45. The van der Waals surface area contributed by atoms with Crippen LogP contribution in [0.25, 0.3) is 0 Å². The predicted octanol–water partition coefficient (Wildman–Crippen LogP) is 2.35. The van der Waals surface area contributed by atoms with Gasteiger partial charge in [0, 0.05) is 13.1 Å². The average molecular weight is 304 g/mol. The number of alkyl carbamates (subject to hydrolysis) is 1. The van der Waals surface area contributed by atoms with Gasteiger partial charge in [-0.3, -0.25) is 4.79 Å². The molecule has 1 saturated heterocycles. The molecule has 1 atom stereocenters. The maximum Gasteiger partial charge on any atom is 0.408 e. The van der Waals surface area contributed by atoms with Crippen LogP contribution in [0.15, 0.2) is 30.3 Å². The number of hydrogen-bond donors (Lipinski definition) is 1. The van der Waals surface area contributed by atoms with E-state index in [-0.39, 0.29) is 5.91 Å². The maximum atomic E-state index is 12.3. The topological polar surface area (TPSA) is 58.6 Å². The molecule has 1 aliphatic heterocycles. The first-order chi connectivity index (χ1) is 10.3. The molecule has 1 heterocycles. The molecule has 1 aliphatic rings. The number of amides is 2. The summed E-state index contributed by atoms with van der Waals surface area (Å²) in [7, 11) is 0. The Kier molecular flexibility index (Phi) is 5.06. The molecule has 2 amide bonds. The number of carbonyl (C=O) groups excluding carboxylic acids is 2. The van der Waals surface area contributed by atoms with E-state index in [0.29, 0.717) is 19.5 Å². The Labute approximate surface area is 131 Å². The normalized spacial score (nSPS) is 18.4. The van der Waals surface area contributed by atoms with Crippen molar-refractivity contribution in [3.8, 4) is 0 Å². The zero-order valence-corrected chi connectivity index (χ0v) is 13.5. The fraction of sp³-hybridized carbons (Fsp3) is 0.529. The molecule has 1 aromatic rings. The number of likely N-dealkylation sites (tertiary alicyclic amines) is 1. The van der Waals surface area contributed by atoms with E-state index in [2.05, 4.69) is 17.4 Å². The van der Waals surface area contributed by atoms with Crippen molar-refractivity contribution in [2.45, 2.75) is 45.3 Å². The molecule has 1 fully saturated rings. The summed E-state index contributed by atoms with van der Waals surface area (Å²) in [4.78, 5) is 25.8. The van der Waals surface area contributed by atoms with E-state index in [9.17, 15) is 9.59 Å². The standard InChI is InChI=1S/C17H24N2O3/c1-17(2,3)22-16(21)18-14-10-12-19(15(14)20)11-9-13-7-5-4-6-8-13/h4-8,14H,9-12H2,1-3H3,(H,18,21)/t14-/m0/s1. The Morgan fingerprint density at radius 3 is 2.64 bits per heavy atom. The summed E-state index contributed by atoms with van der Waals surface area (Å²) in [6.07, 6.45) is 0.925. The summed E-state index contributed by atoms with van der Waals surface area (Å²) in [5.74, 6) is -0.0261. The number of nitrogens with one attached hydrogen (secondary N) is 1. The van der Waals surface area contributed by atoms with Crippen LogP contribution in [-0.4, -0.2) is 41.6 Å². The molecule has 0 radical (unpaired) electrons. The Balaban J connectivity index is 1.81. The molecule has 120 valence electrons. The van der Waals surface area contributed by atoms with Gasteiger partial charge in [-0.1, -0.05) is 30.3 Å². The number of rotatable bonds is 4. The van der Waals surface area contributed by atoms with Gasteiger partial charge in [0.25, 0.3) is 0 Å². The van der Waals surface area contributed by atoms with Crippen LogP contribution < -0.4 is 5.32 Å². The lowest BCUT2D eigenvalue weighted by Gasteiger charge is -2.21. The highest BCUT2D eigenvalue weighted by Crippen LogP contribution is 2.14. The SMILES string of the molecule is CC(C)(C)OC(=O)N[C@H]1CCN(CCc2ccccc2)C1=O. The predicted molar refractivity (Wildman–Crippen MR) is 84.5 cm³/mol. The molecule has 1 N–H and O–H groups in total. The van der Waals surface area contributed by atoms with Crippen molar-refractivity contribution in [1.29, 1.82) is 0 Å². The van der Waals surface area contributed by atoms with Gasteiger partial charge in [-0.2, -0.15) is 0 Å². The quantitative estimate of drug-likeness (QED) is 0.929. The summed E-state index contributed by atoms with van der Waals surface area (Å²) in [6.45, 7) is 6.75. The molecular formula is C17H24N2O3. The zero-order valence-electron chi connectivity index (χ0n) is 13.5. The molecule has 5 heteroatoms. The summed E-state index contributed by atoms with van der Waals surface area (Å²) in [5, 5.41) is 2.66. The van der Waals surface area contributed by atoms with Crippen molar-refractivity contribution < 1.29 is 14.3 Å². The number of nitrogens with zero attached hydrogens (tertiary/aromatic N) is 1. The second-order valence-corrected chi connectivity index (χ2v) is 6.55. The molecule has 2 rings (SSSR count). The third-order valence-corrected chi connectivity index (χ3v) is 3.50. The van der Waals surface area contributed by atoms with Gasteiger partial charge in [0.05, 0.1) is 0 Å². The highest BCUT2D eigenvalue weighted by molar-refractivity contribution is 5.87. The fourth-order valence-electron chi connectivity index (χ4n) is 2.45. The minimum Gasteiger partial charge on any atom is -0.444 e. The first-order valence-electron chi connectivity index (χ1n) is 7.67.